The van der Waals surface area contributed by atoms with Crippen molar-refractivity contribution in [3.8, 4) is 0 Å². The molecule has 118 valence electrons. The van der Waals surface area contributed by atoms with Gasteiger partial charge in [0, 0.05) is 19.1 Å². The topological polar surface area (TPSA) is 3.24 Å². The third-order valence-electron chi connectivity index (χ3n) is 4.43. The van der Waals surface area contributed by atoms with Crippen LogP contribution in [0.4, 0.5) is 4.39 Å². The summed E-state index contributed by atoms with van der Waals surface area (Å²) in [7, 11) is 0. The summed E-state index contributed by atoms with van der Waals surface area (Å²) in [5.41, 5.74) is 4.66. The summed E-state index contributed by atoms with van der Waals surface area (Å²) in [6.45, 7) is 8.20. The van der Waals surface area contributed by atoms with Crippen molar-refractivity contribution in [1.82, 2.24) is 4.90 Å². The molecule has 0 aromatic heterocycles. The van der Waals surface area contributed by atoms with E-state index in [0.29, 0.717) is 0 Å². The molecule has 3 rings (SSSR count). The molecule has 0 saturated carbocycles. The lowest BCUT2D eigenvalue weighted by Crippen LogP contribution is -2.37. The van der Waals surface area contributed by atoms with E-state index in [9.17, 15) is 4.39 Å². The van der Waals surface area contributed by atoms with Crippen molar-refractivity contribution in [3.63, 3.8) is 0 Å². The molecule has 1 aliphatic heterocycles. The smallest absolute Gasteiger partial charge is 0.123 e. The van der Waals surface area contributed by atoms with Gasteiger partial charge in [0.15, 0.2) is 0 Å². The van der Waals surface area contributed by atoms with Gasteiger partial charge in [-0.05, 0) is 42.2 Å². The van der Waals surface area contributed by atoms with Gasteiger partial charge in [-0.25, -0.2) is 4.39 Å². The molecule has 0 aliphatic carbocycles. The van der Waals surface area contributed by atoms with Crippen molar-refractivity contribution in [2.24, 2.45) is 0 Å². The summed E-state index contributed by atoms with van der Waals surface area (Å²) in [5, 5.41) is 0. The van der Waals surface area contributed by atoms with Crippen LogP contribution in [0.15, 0.2) is 67.3 Å². The first-order valence-corrected chi connectivity index (χ1v) is 8.03. The van der Waals surface area contributed by atoms with Gasteiger partial charge in [0.1, 0.15) is 5.82 Å². The van der Waals surface area contributed by atoms with Crippen LogP contribution in [0, 0.1) is 12.7 Å². The first-order valence-electron chi connectivity index (χ1n) is 8.03. The van der Waals surface area contributed by atoms with Crippen molar-refractivity contribution in [1.29, 1.82) is 0 Å². The number of nitrogens with zero attached hydrogens (tertiary/aromatic N) is 1. The molecule has 0 saturated heterocycles. The van der Waals surface area contributed by atoms with Crippen LogP contribution in [0.1, 0.15) is 23.1 Å². The van der Waals surface area contributed by atoms with Crippen molar-refractivity contribution < 1.29 is 4.39 Å². The zero-order chi connectivity index (χ0) is 16.2. The molecular formula is C21H22FN. The van der Waals surface area contributed by atoms with Crippen molar-refractivity contribution >= 4 is 5.57 Å². The second-order valence-corrected chi connectivity index (χ2v) is 6.17. The van der Waals surface area contributed by atoms with E-state index in [1.165, 1.54) is 23.3 Å². The Bertz CT molecular complexity index is 698. The van der Waals surface area contributed by atoms with Crippen LogP contribution < -0.4 is 0 Å². The average molecular weight is 307 g/mol. The molecule has 2 aromatic rings. The summed E-state index contributed by atoms with van der Waals surface area (Å²) < 4.78 is 13.1. The van der Waals surface area contributed by atoms with E-state index in [1.54, 1.807) is 0 Å². The number of benzene rings is 2. The Morgan fingerprint density at radius 1 is 1.09 bits per heavy atom. The number of rotatable bonds is 4. The second-order valence-electron chi connectivity index (χ2n) is 6.17. The highest BCUT2D eigenvalue weighted by atomic mass is 19.1. The lowest BCUT2D eigenvalue weighted by molar-refractivity contribution is 0.243. The van der Waals surface area contributed by atoms with Gasteiger partial charge in [-0.1, -0.05) is 60.7 Å². The van der Waals surface area contributed by atoms with Crippen LogP contribution in [0.5, 0.6) is 0 Å². The van der Waals surface area contributed by atoms with Crippen molar-refractivity contribution in [2.45, 2.75) is 25.9 Å². The molecule has 2 heteroatoms. The van der Waals surface area contributed by atoms with Crippen molar-refractivity contribution in [2.75, 3.05) is 6.54 Å². The minimum atomic E-state index is -0.207. The van der Waals surface area contributed by atoms with E-state index >= 15 is 0 Å². The van der Waals surface area contributed by atoms with Crippen LogP contribution in [0.3, 0.4) is 0 Å². The zero-order valence-electron chi connectivity index (χ0n) is 13.5. The zero-order valence-corrected chi connectivity index (χ0v) is 13.5. The SMILES string of the molecule is C=C(c1ccc(F)cc1)C1CC=CCN1Cc1ccc(C)cc1. The van der Waals surface area contributed by atoms with Crippen LogP contribution >= 0.6 is 0 Å². The molecule has 1 heterocycles. The summed E-state index contributed by atoms with van der Waals surface area (Å²) in [6.07, 6.45) is 5.37. The van der Waals surface area contributed by atoms with Gasteiger partial charge in [-0.15, -0.1) is 0 Å². The van der Waals surface area contributed by atoms with E-state index in [2.05, 4.69) is 54.8 Å². The maximum atomic E-state index is 13.1. The standard InChI is InChI=1S/C21H22FN/c1-16-6-8-18(9-7-16)15-23-14-4-3-5-21(23)17(2)19-10-12-20(22)13-11-19/h3-4,6-13,21H,2,5,14-15H2,1H3. The van der Waals surface area contributed by atoms with Gasteiger partial charge in [0.25, 0.3) is 0 Å². The predicted octanol–water partition coefficient (Wildman–Crippen LogP) is 4.98. The lowest BCUT2D eigenvalue weighted by Gasteiger charge is -2.34. The normalized spacial score (nSPS) is 18.1. The summed E-state index contributed by atoms with van der Waals surface area (Å²) >= 11 is 0. The maximum absolute atomic E-state index is 13.1. The molecule has 0 amide bonds. The average Bonchev–Trinajstić information content (AvgIpc) is 2.57. The van der Waals surface area contributed by atoms with Gasteiger partial charge in [-0.2, -0.15) is 0 Å². The highest BCUT2D eigenvalue weighted by Gasteiger charge is 2.23. The molecule has 0 bridgehead atoms. The van der Waals surface area contributed by atoms with Crippen LogP contribution in [-0.4, -0.2) is 17.5 Å². The Kier molecular flexibility index (Phi) is 4.73. The lowest BCUT2D eigenvalue weighted by atomic mass is 9.94. The fourth-order valence-corrected chi connectivity index (χ4v) is 3.03. The Morgan fingerprint density at radius 3 is 2.48 bits per heavy atom. The fraction of sp³-hybridized carbons (Fsp3) is 0.238. The quantitative estimate of drug-likeness (QED) is 0.720. The van der Waals surface area contributed by atoms with Gasteiger partial charge < -0.3 is 0 Å². The minimum Gasteiger partial charge on any atom is -0.288 e. The van der Waals surface area contributed by atoms with Gasteiger partial charge in [0.05, 0.1) is 0 Å². The molecule has 0 spiro atoms. The Hall–Kier alpha value is -2.19. The third-order valence-corrected chi connectivity index (χ3v) is 4.43. The van der Waals surface area contributed by atoms with E-state index in [0.717, 1.165) is 30.6 Å². The van der Waals surface area contributed by atoms with Gasteiger partial charge >= 0.3 is 0 Å². The van der Waals surface area contributed by atoms with Crippen LogP contribution in [0.2, 0.25) is 0 Å². The summed E-state index contributed by atoms with van der Waals surface area (Å²) in [4.78, 5) is 2.43. The molecule has 1 aliphatic rings. The molecule has 0 radical (unpaired) electrons. The maximum Gasteiger partial charge on any atom is 0.123 e. The third kappa shape index (κ3) is 3.77. The molecule has 1 unspecified atom stereocenters. The first kappa shape index (κ1) is 15.7. The molecule has 1 nitrogen and oxygen atoms in total. The van der Waals surface area contributed by atoms with E-state index in [4.69, 9.17) is 0 Å². The number of hydrogen-bond acceptors (Lipinski definition) is 1. The summed E-state index contributed by atoms with van der Waals surface area (Å²) in [6, 6.07) is 15.6. The second kappa shape index (κ2) is 6.93. The fourth-order valence-electron chi connectivity index (χ4n) is 3.03. The number of aryl methyl sites for hydroxylation is 1. The monoisotopic (exact) mass is 307 g/mol. The molecule has 23 heavy (non-hydrogen) atoms. The highest BCUT2D eigenvalue weighted by Crippen LogP contribution is 2.27. The van der Waals surface area contributed by atoms with Gasteiger partial charge in [0.2, 0.25) is 0 Å². The molecule has 0 fully saturated rings. The van der Waals surface area contributed by atoms with Crippen molar-refractivity contribution in [3.05, 3.63) is 89.8 Å². The number of halogens is 1. The first-order chi connectivity index (χ1) is 11.1. The molecule has 0 N–H and O–H groups in total. The van der Waals surface area contributed by atoms with E-state index < -0.39 is 0 Å². The largest absolute Gasteiger partial charge is 0.288 e. The number of hydrogen-bond donors (Lipinski definition) is 0. The molecule has 2 aromatic carbocycles. The van der Waals surface area contributed by atoms with Gasteiger partial charge in [-0.3, -0.25) is 4.90 Å². The van der Waals surface area contributed by atoms with E-state index in [-0.39, 0.29) is 11.9 Å². The van der Waals surface area contributed by atoms with E-state index in [1.807, 2.05) is 12.1 Å². The Morgan fingerprint density at radius 2 is 1.78 bits per heavy atom. The molecular weight excluding hydrogens is 285 g/mol. The molecule has 1 atom stereocenters. The highest BCUT2D eigenvalue weighted by molar-refractivity contribution is 5.68. The predicted molar refractivity (Wildman–Crippen MR) is 94.6 cm³/mol. The van der Waals surface area contributed by atoms with Crippen LogP contribution in [0.25, 0.3) is 5.57 Å². The minimum absolute atomic E-state index is 0.207. The Balaban J connectivity index is 1.78. The van der Waals surface area contributed by atoms with Crippen LogP contribution in [-0.2, 0) is 6.54 Å². The summed E-state index contributed by atoms with van der Waals surface area (Å²) in [5.74, 6) is -0.207. The Labute approximate surface area is 137 Å².